The Morgan fingerprint density at radius 3 is 3.00 bits per heavy atom. The zero-order valence-corrected chi connectivity index (χ0v) is 8.99. The van der Waals surface area contributed by atoms with Crippen molar-refractivity contribution in [3.05, 3.63) is 23.3 Å². The summed E-state index contributed by atoms with van der Waals surface area (Å²) in [5, 5.41) is 0. The third-order valence-corrected chi connectivity index (χ3v) is 2.42. The lowest BCUT2D eigenvalue weighted by Gasteiger charge is -2.18. The Hall–Kier alpha value is -1.84. The van der Waals surface area contributed by atoms with Crippen molar-refractivity contribution in [1.82, 2.24) is 0 Å². The van der Waals surface area contributed by atoms with Gasteiger partial charge in [-0.15, -0.1) is 0 Å². The van der Waals surface area contributed by atoms with Gasteiger partial charge in [-0.2, -0.15) is 0 Å². The number of benzene rings is 1. The molecule has 1 aromatic rings. The van der Waals surface area contributed by atoms with Crippen LogP contribution in [0, 0.1) is 0 Å². The van der Waals surface area contributed by atoms with Gasteiger partial charge in [0.2, 0.25) is 0 Å². The van der Waals surface area contributed by atoms with Crippen LogP contribution in [0.2, 0.25) is 0 Å². The van der Waals surface area contributed by atoms with Crippen LogP contribution in [0.1, 0.15) is 29.3 Å². The summed E-state index contributed by atoms with van der Waals surface area (Å²) in [6.07, 6.45) is 2.48. The standard InChI is InChI=1S/C12H12O4/c1-8(14)16-12-5-9-3-2-4-15-11(9)6-10(12)7-13/h5-7H,2-4H2,1H3. The van der Waals surface area contributed by atoms with E-state index >= 15 is 0 Å². The monoisotopic (exact) mass is 220 g/mol. The maximum atomic E-state index is 10.9. The van der Waals surface area contributed by atoms with E-state index in [0.717, 1.165) is 18.4 Å². The first-order valence-electron chi connectivity index (χ1n) is 5.14. The second-order valence-electron chi connectivity index (χ2n) is 3.66. The van der Waals surface area contributed by atoms with Crippen molar-refractivity contribution in [2.45, 2.75) is 19.8 Å². The van der Waals surface area contributed by atoms with Crippen LogP contribution in [0.5, 0.6) is 11.5 Å². The highest BCUT2D eigenvalue weighted by atomic mass is 16.5. The van der Waals surface area contributed by atoms with E-state index in [0.29, 0.717) is 30.0 Å². The normalized spacial score (nSPS) is 13.6. The molecule has 0 fully saturated rings. The molecule has 0 aromatic heterocycles. The van der Waals surface area contributed by atoms with E-state index in [1.807, 2.05) is 0 Å². The average Bonchev–Trinajstić information content (AvgIpc) is 2.27. The quantitative estimate of drug-likeness (QED) is 0.433. The van der Waals surface area contributed by atoms with Gasteiger partial charge in [0, 0.05) is 6.92 Å². The van der Waals surface area contributed by atoms with Crippen LogP contribution in [0.25, 0.3) is 0 Å². The summed E-state index contributed by atoms with van der Waals surface area (Å²) in [5.41, 5.74) is 1.32. The van der Waals surface area contributed by atoms with E-state index in [-0.39, 0.29) is 0 Å². The fraction of sp³-hybridized carbons (Fsp3) is 0.333. The van der Waals surface area contributed by atoms with Crippen molar-refractivity contribution in [2.75, 3.05) is 6.61 Å². The van der Waals surface area contributed by atoms with Crippen LogP contribution in [-0.4, -0.2) is 18.9 Å². The first kappa shape index (κ1) is 10.7. The summed E-state index contributed by atoms with van der Waals surface area (Å²) in [7, 11) is 0. The lowest BCUT2D eigenvalue weighted by atomic mass is 10.0. The van der Waals surface area contributed by atoms with Crippen LogP contribution in [0.4, 0.5) is 0 Å². The number of ether oxygens (including phenoxy) is 2. The van der Waals surface area contributed by atoms with Crippen LogP contribution >= 0.6 is 0 Å². The second kappa shape index (κ2) is 4.35. The maximum absolute atomic E-state index is 10.9. The molecular weight excluding hydrogens is 208 g/mol. The number of hydrogen-bond donors (Lipinski definition) is 0. The summed E-state index contributed by atoms with van der Waals surface area (Å²) in [5.74, 6) is 0.593. The minimum absolute atomic E-state index is 0.312. The van der Waals surface area contributed by atoms with Crippen LogP contribution in [0.3, 0.4) is 0 Å². The van der Waals surface area contributed by atoms with Crippen molar-refractivity contribution in [1.29, 1.82) is 0 Å². The predicted molar refractivity (Wildman–Crippen MR) is 57.0 cm³/mol. The molecule has 16 heavy (non-hydrogen) atoms. The highest BCUT2D eigenvalue weighted by Crippen LogP contribution is 2.31. The largest absolute Gasteiger partial charge is 0.493 e. The van der Waals surface area contributed by atoms with E-state index in [4.69, 9.17) is 9.47 Å². The molecule has 4 heteroatoms. The van der Waals surface area contributed by atoms with E-state index in [9.17, 15) is 9.59 Å². The smallest absolute Gasteiger partial charge is 0.308 e. The molecule has 0 saturated heterocycles. The Balaban J connectivity index is 2.42. The summed E-state index contributed by atoms with van der Waals surface area (Å²) in [4.78, 5) is 21.7. The van der Waals surface area contributed by atoms with Gasteiger partial charge in [0.1, 0.15) is 11.5 Å². The van der Waals surface area contributed by atoms with E-state index < -0.39 is 5.97 Å². The number of carbonyl (C=O) groups is 2. The lowest BCUT2D eigenvalue weighted by Crippen LogP contribution is -2.11. The number of fused-ring (bicyclic) bond motifs is 1. The summed E-state index contributed by atoms with van der Waals surface area (Å²) >= 11 is 0. The third kappa shape index (κ3) is 2.05. The van der Waals surface area contributed by atoms with Gasteiger partial charge in [0.05, 0.1) is 12.2 Å². The molecule has 0 unspecified atom stereocenters. The topological polar surface area (TPSA) is 52.6 Å². The molecule has 1 heterocycles. The molecule has 1 aliphatic heterocycles. The van der Waals surface area contributed by atoms with Gasteiger partial charge in [-0.25, -0.2) is 0 Å². The van der Waals surface area contributed by atoms with Crippen LogP contribution in [-0.2, 0) is 11.2 Å². The number of carbonyl (C=O) groups excluding carboxylic acids is 2. The Kier molecular flexibility index (Phi) is 2.90. The molecule has 0 saturated carbocycles. The second-order valence-corrected chi connectivity index (χ2v) is 3.66. The van der Waals surface area contributed by atoms with Crippen molar-refractivity contribution in [3.63, 3.8) is 0 Å². The van der Waals surface area contributed by atoms with Crippen molar-refractivity contribution in [3.8, 4) is 11.5 Å². The van der Waals surface area contributed by atoms with Gasteiger partial charge >= 0.3 is 5.97 Å². The Morgan fingerprint density at radius 1 is 1.50 bits per heavy atom. The molecule has 84 valence electrons. The average molecular weight is 220 g/mol. The number of esters is 1. The molecule has 1 aromatic carbocycles. The van der Waals surface area contributed by atoms with Crippen LogP contribution < -0.4 is 9.47 Å². The predicted octanol–water partition coefficient (Wildman–Crippen LogP) is 1.75. The van der Waals surface area contributed by atoms with Gasteiger partial charge in [0.25, 0.3) is 0 Å². The Labute approximate surface area is 93.2 Å². The minimum Gasteiger partial charge on any atom is -0.493 e. The Morgan fingerprint density at radius 2 is 2.31 bits per heavy atom. The minimum atomic E-state index is -0.431. The summed E-state index contributed by atoms with van der Waals surface area (Å²) < 4.78 is 10.4. The molecule has 1 aliphatic rings. The summed E-state index contributed by atoms with van der Waals surface area (Å²) in [6.45, 7) is 1.97. The molecule has 0 bridgehead atoms. The molecule has 0 N–H and O–H groups in total. The molecule has 0 radical (unpaired) electrons. The molecule has 0 spiro atoms. The first-order chi connectivity index (χ1) is 7.70. The van der Waals surface area contributed by atoms with E-state index in [1.54, 1.807) is 12.1 Å². The molecule has 0 aliphatic carbocycles. The van der Waals surface area contributed by atoms with Gasteiger partial charge in [-0.3, -0.25) is 9.59 Å². The fourth-order valence-electron chi connectivity index (χ4n) is 1.73. The lowest BCUT2D eigenvalue weighted by molar-refractivity contribution is -0.131. The van der Waals surface area contributed by atoms with E-state index in [2.05, 4.69) is 0 Å². The summed E-state index contributed by atoms with van der Waals surface area (Å²) in [6, 6.07) is 3.33. The van der Waals surface area contributed by atoms with Gasteiger partial charge in [-0.1, -0.05) is 0 Å². The molecular formula is C12H12O4. The molecule has 2 rings (SSSR count). The third-order valence-electron chi connectivity index (χ3n) is 2.42. The number of aldehydes is 1. The Bertz CT molecular complexity index is 437. The van der Waals surface area contributed by atoms with Gasteiger partial charge < -0.3 is 9.47 Å². The highest BCUT2D eigenvalue weighted by molar-refractivity contribution is 5.83. The van der Waals surface area contributed by atoms with Crippen molar-refractivity contribution >= 4 is 12.3 Å². The first-order valence-corrected chi connectivity index (χ1v) is 5.14. The number of aryl methyl sites for hydroxylation is 1. The van der Waals surface area contributed by atoms with Gasteiger partial charge in [-0.05, 0) is 30.5 Å². The number of rotatable bonds is 2. The van der Waals surface area contributed by atoms with Crippen molar-refractivity contribution in [2.24, 2.45) is 0 Å². The molecule has 0 atom stereocenters. The van der Waals surface area contributed by atoms with Crippen LogP contribution in [0.15, 0.2) is 12.1 Å². The maximum Gasteiger partial charge on any atom is 0.308 e. The van der Waals surface area contributed by atoms with Crippen molar-refractivity contribution < 1.29 is 19.1 Å². The zero-order chi connectivity index (χ0) is 11.5. The highest BCUT2D eigenvalue weighted by Gasteiger charge is 2.15. The number of hydrogen-bond acceptors (Lipinski definition) is 4. The molecule has 4 nitrogen and oxygen atoms in total. The molecule has 0 amide bonds. The SMILES string of the molecule is CC(=O)Oc1cc2c(cc1C=O)OCCC2. The zero-order valence-electron chi connectivity index (χ0n) is 8.99. The van der Waals surface area contributed by atoms with Gasteiger partial charge in [0.15, 0.2) is 6.29 Å². The fourth-order valence-corrected chi connectivity index (χ4v) is 1.73. The van der Waals surface area contributed by atoms with E-state index in [1.165, 1.54) is 6.92 Å².